The topological polar surface area (TPSA) is 13.6 Å². The molecule has 16 heavy (non-hydrogen) atoms. The first-order chi connectivity index (χ1) is 7.80. The van der Waals surface area contributed by atoms with Crippen LogP contribution in [-0.2, 0) is 5.41 Å². The van der Waals surface area contributed by atoms with Crippen LogP contribution in [0.4, 0.5) is 0 Å². The van der Waals surface area contributed by atoms with E-state index in [1.165, 1.54) is 18.4 Å². The maximum Gasteiger partial charge on any atom is 0.224 e. The van der Waals surface area contributed by atoms with Gasteiger partial charge in [-0.1, -0.05) is 25.0 Å². The number of methoxy groups -OCH3 is 1. The minimum Gasteiger partial charge on any atom is -0.497 e. The van der Waals surface area contributed by atoms with E-state index >= 15 is 0 Å². The highest BCUT2D eigenvalue weighted by atomic mass is 16.5. The maximum atomic E-state index is 7.13. The Kier molecular flexibility index (Phi) is 3.14. The molecular formula is C14H17NO. The summed E-state index contributed by atoms with van der Waals surface area (Å²) in [6, 6.07) is 8.22. The van der Waals surface area contributed by atoms with Gasteiger partial charge < -0.3 is 9.58 Å². The number of hydrogen-bond acceptors (Lipinski definition) is 1. The van der Waals surface area contributed by atoms with Gasteiger partial charge in [0.25, 0.3) is 0 Å². The van der Waals surface area contributed by atoms with Gasteiger partial charge in [0.05, 0.1) is 12.5 Å². The average Bonchev–Trinajstić information content (AvgIpc) is 2.80. The monoisotopic (exact) mass is 215 g/mol. The minimum atomic E-state index is 0.0935. The van der Waals surface area contributed by atoms with Crippen LogP contribution in [0.3, 0.4) is 0 Å². The lowest BCUT2D eigenvalue weighted by Crippen LogP contribution is -2.25. The predicted molar refractivity (Wildman–Crippen MR) is 64.6 cm³/mol. The summed E-state index contributed by atoms with van der Waals surface area (Å²) >= 11 is 0. The lowest BCUT2D eigenvalue weighted by atomic mass is 9.79. The van der Waals surface area contributed by atoms with E-state index < -0.39 is 0 Å². The molecule has 1 saturated carbocycles. The molecule has 0 atom stereocenters. The van der Waals surface area contributed by atoms with Crippen LogP contribution < -0.4 is 4.74 Å². The van der Waals surface area contributed by atoms with E-state index in [0.29, 0.717) is 6.54 Å². The van der Waals surface area contributed by atoms with E-state index in [9.17, 15) is 0 Å². The fourth-order valence-corrected chi connectivity index (χ4v) is 2.69. The second-order valence-electron chi connectivity index (χ2n) is 4.54. The van der Waals surface area contributed by atoms with Crippen LogP contribution in [0.1, 0.15) is 31.2 Å². The van der Waals surface area contributed by atoms with Crippen molar-refractivity contribution in [2.45, 2.75) is 31.1 Å². The van der Waals surface area contributed by atoms with E-state index in [1.807, 2.05) is 12.1 Å². The molecule has 2 nitrogen and oxygen atoms in total. The van der Waals surface area contributed by atoms with Gasteiger partial charge in [-0.25, -0.2) is 6.57 Å². The van der Waals surface area contributed by atoms with Crippen LogP contribution in [-0.4, -0.2) is 13.7 Å². The molecule has 2 heteroatoms. The van der Waals surface area contributed by atoms with Crippen molar-refractivity contribution in [2.24, 2.45) is 0 Å². The van der Waals surface area contributed by atoms with E-state index in [4.69, 9.17) is 11.3 Å². The predicted octanol–water partition coefficient (Wildman–Crippen LogP) is 3.43. The van der Waals surface area contributed by atoms with E-state index in [1.54, 1.807) is 7.11 Å². The smallest absolute Gasteiger partial charge is 0.224 e. The average molecular weight is 215 g/mol. The Balaban J connectivity index is 2.35. The molecule has 0 amide bonds. The molecule has 1 fully saturated rings. The Morgan fingerprint density at radius 1 is 1.38 bits per heavy atom. The fraction of sp³-hybridized carbons (Fsp3) is 0.500. The molecular weight excluding hydrogens is 198 g/mol. The standard InChI is InChI=1S/C14H17NO/c1-15-11-14(8-3-4-9-14)12-6-5-7-13(10-12)16-2/h5-7,10H,3-4,8-9,11H2,2H3. The fourth-order valence-electron chi connectivity index (χ4n) is 2.69. The van der Waals surface area contributed by atoms with Crippen molar-refractivity contribution >= 4 is 0 Å². The van der Waals surface area contributed by atoms with Crippen molar-refractivity contribution < 1.29 is 4.74 Å². The second kappa shape index (κ2) is 4.57. The Morgan fingerprint density at radius 3 is 2.75 bits per heavy atom. The Labute approximate surface area is 97.1 Å². The Morgan fingerprint density at radius 2 is 2.12 bits per heavy atom. The Bertz CT molecular complexity index is 399. The molecule has 1 aliphatic rings. The number of ether oxygens (including phenoxy) is 1. The van der Waals surface area contributed by atoms with E-state index in [-0.39, 0.29) is 5.41 Å². The largest absolute Gasteiger partial charge is 0.497 e. The zero-order valence-electron chi connectivity index (χ0n) is 9.70. The summed E-state index contributed by atoms with van der Waals surface area (Å²) in [6.45, 7) is 7.75. The number of rotatable bonds is 3. The van der Waals surface area contributed by atoms with Gasteiger partial charge in [0.15, 0.2) is 0 Å². The summed E-state index contributed by atoms with van der Waals surface area (Å²) in [5.74, 6) is 0.897. The van der Waals surface area contributed by atoms with Crippen LogP contribution >= 0.6 is 0 Å². The van der Waals surface area contributed by atoms with Crippen molar-refractivity contribution in [3.05, 3.63) is 41.2 Å². The molecule has 1 aromatic carbocycles. The molecule has 0 aromatic heterocycles. The van der Waals surface area contributed by atoms with Crippen LogP contribution in [0.5, 0.6) is 5.75 Å². The first-order valence-electron chi connectivity index (χ1n) is 5.78. The molecule has 1 aromatic rings. The molecule has 84 valence electrons. The quantitative estimate of drug-likeness (QED) is 0.704. The van der Waals surface area contributed by atoms with Gasteiger partial charge in [0, 0.05) is 0 Å². The van der Waals surface area contributed by atoms with Crippen molar-refractivity contribution in [3.63, 3.8) is 0 Å². The lowest BCUT2D eigenvalue weighted by molar-refractivity contribution is 0.410. The first kappa shape index (κ1) is 11.0. The van der Waals surface area contributed by atoms with Gasteiger partial charge in [-0.15, -0.1) is 0 Å². The molecule has 0 N–H and O–H groups in total. The molecule has 0 aliphatic heterocycles. The van der Waals surface area contributed by atoms with Gasteiger partial charge >= 0.3 is 0 Å². The summed E-state index contributed by atoms with van der Waals surface area (Å²) in [5, 5.41) is 0. The molecule has 2 rings (SSSR count). The highest BCUT2D eigenvalue weighted by Gasteiger charge is 2.38. The van der Waals surface area contributed by atoms with Gasteiger partial charge in [-0.3, -0.25) is 0 Å². The first-order valence-corrected chi connectivity index (χ1v) is 5.78. The zero-order chi connectivity index (χ0) is 11.4. The van der Waals surface area contributed by atoms with Gasteiger partial charge in [0.2, 0.25) is 6.54 Å². The van der Waals surface area contributed by atoms with Crippen molar-refractivity contribution in [1.82, 2.24) is 0 Å². The van der Waals surface area contributed by atoms with E-state index in [0.717, 1.165) is 18.6 Å². The third kappa shape index (κ3) is 1.90. The molecule has 0 radical (unpaired) electrons. The summed E-state index contributed by atoms with van der Waals surface area (Å²) < 4.78 is 5.26. The number of hydrogen-bond donors (Lipinski definition) is 0. The molecule has 0 unspecified atom stereocenters. The third-order valence-corrected chi connectivity index (χ3v) is 3.62. The second-order valence-corrected chi connectivity index (χ2v) is 4.54. The van der Waals surface area contributed by atoms with Crippen molar-refractivity contribution in [2.75, 3.05) is 13.7 Å². The highest BCUT2D eigenvalue weighted by molar-refractivity contribution is 5.35. The van der Waals surface area contributed by atoms with Crippen LogP contribution in [0.15, 0.2) is 24.3 Å². The third-order valence-electron chi connectivity index (χ3n) is 3.62. The summed E-state index contributed by atoms with van der Waals surface area (Å²) in [5.41, 5.74) is 1.37. The van der Waals surface area contributed by atoms with Crippen LogP contribution in [0.25, 0.3) is 4.85 Å². The molecule has 0 saturated heterocycles. The zero-order valence-corrected chi connectivity index (χ0v) is 9.70. The van der Waals surface area contributed by atoms with Gasteiger partial charge in [-0.05, 0) is 30.5 Å². The summed E-state index contributed by atoms with van der Waals surface area (Å²) in [6.07, 6.45) is 4.77. The van der Waals surface area contributed by atoms with Crippen molar-refractivity contribution in [1.29, 1.82) is 0 Å². The number of benzene rings is 1. The SMILES string of the molecule is [C-]#[N+]CC1(c2cccc(OC)c2)CCCC1. The van der Waals surface area contributed by atoms with Gasteiger partial charge in [0.1, 0.15) is 5.75 Å². The Hall–Kier alpha value is -1.49. The van der Waals surface area contributed by atoms with E-state index in [2.05, 4.69) is 17.0 Å². The van der Waals surface area contributed by atoms with Crippen LogP contribution in [0, 0.1) is 6.57 Å². The number of nitrogens with zero attached hydrogens (tertiary/aromatic N) is 1. The molecule has 0 bridgehead atoms. The highest BCUT2D eigenvalue weighted by Crippen LogP contribution is 2.42. The normalized spacial score (nSPS) is 18.0. The van der Waals surface area contributed by atoms with Crippen molar-refractivity contribution in [3.8, 4) is 5.75 Å². The summed E-state index contributed by atoms with van der Waals surface area (Å²) in [4.78, 5) is 3.63. The summed E-state index contributed by atoms with van der Waals surface area (Å²) in [7, 11) is 1.69. The molecule has 0 spiro atoms. The van der Waals surface area contributed by atoms with Crippen LogP contribution in [0.2, 0.25) is 0 Å². The minimum absolute atomic E-state index is 0.0935. The lowest BCUT2D eigenvalue weighted by Gasteiger charge is -2.23. The molecule has 1 aliphatic carbocycles. The maximum absolute atomic E-state index is 7.13. The van der Waals surface area contributed by atoms with Gasteiger partial charge in [-0.2, -0.15) is 0 Å². The molecule has 0 heterocycles.